The molecule has 3 heteroatoms. The highest BCUT2D eigenvalue weighted by atomic mass is 16.2. The zero-order chi connectivity index (χ0) is 13.2. The van der Waals surface area contributed by atoms with Crippen LogP contribution in [0, 0.1) is 5.92 Å². The molecule has 0 spiro atoms. The van der Waals surface area contributed by atoms with Crippen LogP contribution < -0.4 is 11.1 Å². The van der Waals surface area contributed by atoms with E-state index in [4.69, 9.17) is 5.73 Å². The van der Waals surface area contributed by atoms with Crippen molar-refractivity contribution < 1.29 is 4.79 Å². The van der Waals surface area contributed by atoms with Crippen LogP contribution in [0.4, 0.5) is 5.69 Å². The summed E-state index contributed by atoms with van der Waals surface area (Å²) in [5.74, 6) is 0.712. The van der Waals surface area contributed by atoms with E-state index in [0.717, 1.165) is 37.1 Å². The average Bonchev–Trinajstić information content (AvgIpc) is 3.17. The van der Waals surface area contributed by atoms with Crippen LogP contribution in [-0.4, -0.2) is 12.5 Å². The lowest BCUT2D eigenvalue weighted by Gasteiger charge is -2.17. The lowest BCUT2D eigenvalue weighted by Crippen LogP contribution is -2.37. The van der Waals surface area contributed by atoms with Gasteiger partial charge in [-0.25, -0.2) is 0 Å². The Labute approximate surface area is 109 Å². The van der Waals surface area contributed by atoms with E-state index in [9.17, 15) is 4.79 Å². The fourth-order valence-electron chi connectivity index (χ4n) is 2.15. The molecule has 2 rings (SSSR count). The summed E-state index contributed by atoms with van der Waals surface area (Å²) >= 11 is 0. The Balaban J connectivity index is 2.03. The molecule has 0 bridgehead atoms. The predicted octanol–water partition coefficient (Wildman–Crippen LogP) is 2.46. The van der Waals surface area contributed by atoms with Gasteiger partial charge in [-0.05, 0) is 36.5 Å². The van der Waals surface area contributed by atoms with Crippen LogP contribution in [0.1, 0.15) is 38.7 Å². The number of anilines is 1. The van der Waals surface area contributed by atoms with Gasteiger partial charge in [-0.3, -0.25) is 4.79 Å². The summed E-state index contributed by atoms with van der Waals surface area (Å²) in [6, 6.07) is 7.70. The topological polar surface area (TPSA) is 55.1 Å². The summed E-state index contributed by atoms with van der Waals surface area (Å²) in [5, 5.41) is 3.08. The number of amides is 1. The van der Waals surface area contributed by atoms with Crippen molar-refractivity contribution in [3.63, 3.8) is 0 Å². The van der Waals surface area contributed by atoms with E-state index >= 15 is 0 Å². The van der Waals surface area contributed by atoms with Gasteiger partial charge in [0.15, 0.2) is 0 Å². The van der Waals surface area contributed by atoms with Crippen LogP contribution in [0.5, 0.6) is 0 Å². The molecule has 3 N–H and O–H groups in total. The fourth-order valence-corrected chi connectivity index (χ4v) is 2.15. The van der Waals surface area contributed by atoms with Gasteiger partial charge >= 0.3 is 0 Å². The molecule has 1 aliphatic carbocycles. The summed E-state index contributed by atoms with van der Waals surface area (Å²) in [6.07, 6.45) is 2.99. The summed E-state index contributed by atoms with van der Waals surface area (Å²) in [6.45, 7) is 5.07. The van der Waals surface area contributed by atoms with E-state index in [2.05, 4.69) is 19.2 Å². The molecular formula is C15H22N2O. The third kappa shape index (κ3) is 2.50. The normalized spacial score (nSPS) is 18.1. The number of carbonyl (C=O) groups is 1. The monoisotopic (exact) mass is 246 g/mol. The van der Waals surface area contributed by atoms with E-state index in [0.29, 0.717) is 5.92 Å². The number of hydrogen-bond acceptors (Lipinski definition) is 2. The fraction of sp³-hybridized carbons (Fsp3) is 0.533. The largest absolute Gasteiger partial charge is 0.399 e. The Morgan fingerprint density at radius 2 is 2.00 bits per heavy atom. The van der Waals surface area contributed by atoms with Crippen LogP contribution in [0.2, 0.25) is 0 Å². The lowest BCUT2D eigenvalue weighted by molar-refractivity contribution is -0.123. The molecule has 1 aromatic carbocycles. The van der Waals surface area contributed by atoms with Gasteiger partial charge in [0.1, 0.15) is 0 Å². The number of carbonyl (C=O) groups excluding carboxylic acids is 1. The SMILES string of the molecule is CCC(C)CNC(=O)C1(c2ccc(N)cc2)CC1. The number of benzene rings is 1. The molecule has 0 aliphatic heterocycles. The predicted molar refractivity (Wildman–Crippen MR) is 74.2 cm³/mol. The minimum Gasteiger partial charge on any atom is -0.399 e. The zero-order valence-corrected chi connectivity index (χ0v) is 11.2. The van der Waals surface area contributed by atoms with Crippen molar-refractivity contribution in [2.75, 3.05) is 12.3 Å². The maximum absolute atomic E-state index is 12.3. The third-order valence-corrected chi connectivity index (χ3v) is 3.96. The Morgan fingerprint density at radius 1 is 1.39 bits per heavy atom. The molecule has 98 valence electrons. The van der Waals surface area contributed by atoms with Gasteiger partial charge in [-0.15, -0.1) is 0 Å². The smallest absolute Gasteiger partial charge is 0.230 e. The molecule has 1 aliphatic rings. The van der Waals surface area contributed by atoms with E-state index < -0.39 is 0 Å². The number of nitrogens with two attached hydrogens (primary N) is 1. The van der Waals surface area contributed by atoms with Crippen molar-refractivity contribution >= 4 is 11.6 Å². The summed E-state index contributed by atoms with van der Waals surface area (Å²) < 4.78 is 0. The molecule has 1 atom stereocenters. The molecule has 0 aromatic heterocycles. The first-order chi connectivity index (χ1) is 8.58. The molecule has 3 nitrogen and oxygen atoms in total. The first-order valence-electron chi connectivity index (χ1n) is 6.73. The van der Waals surface area contributed by atoms with Crippen molar-refractivity contribution in [2.45, 2.75) is 38.5 Å². The van der Waals surface area contributed by atoms with Crippen molar-refractivity contribution in [3.8, 4) is 0 Å². The average molecular weight is 246 g/mol. The Bertz CT molecular complexity index is 421. The standard InChI is InChI=1S/C15H22N2O/c1-3-11(2)10-17-14(18)15(8-9-15)12-4-6-13(16)7-5-12/h4-7,11H,3,8-10,16H2,1-2H3,(H,17,18). The summed E-state index contributed by atoms with van der Waals surface area (Å²) in [5.41, 5.74) is 7.25. The van der Waals surface area contributed by atoms with Gasteiger partial charge in [-0.1, -0.05) is 32.4 Å². The molecule has 18 heavy (non-hydrogen) atoms. The lowest BCUT2D eigenvalue weighted by atomic mass is 9.94. The van der Waals surface area contributed by atoms with Gasteiger partial charge < -0.3 is 11.1 Å². The molecule has 0 saturated heterocycles. The van der Waals surface area contributed by atoms with Crippen molar-refractivity contribution in [1.29, 1.82) is 0 Å². The molecule has 1 aromatic rings. The van der Waals surface area contributed by atoms with Gasteiger partial charge in [0.25, 0.3) is 0 Å². The highest BCUT2D eigenvalue weighted by molar-refractivity contribution is 5.91. The Kier molecular flexibility index (Phi) is 3.60. The number of rotatable bonds is 5. The first-order valence-corrected chi connectivity index (χ1v) is 6.73. The van der Waals surface area contributed by atoms with Crippen LogP contribution in [0.15, 0.2) is 24.3 Å². The number of hydrogen-bond donors (Lipinski definition) is 2. The molecule has 0 heterocycles. The summed E-state index contributed by atoms with van der Waals surface area (Å²) in [7, 11) is 0. The van der Waals surface area contributed by atoms with E-state index in [1.807, 2.05) is 24.3 Å². The van der Waals surface area contributed by atoms with Crippen molar-refractivity contribution in [2.24, 2.45) is 5.92 Å². The van der Waals surface area contributed by atoms with Crippen molar-refractivity contribution in [1.82, 2.24) is 5.32 Å². The molecule has 1 amide bonds. The quantitative estimate of drug-likeness (QED) is 0.784. The Hall–Kier alpha value is -1.51. The van der Waals surface area contributed by atoms with Crippen LogP contribution >= 0.6 is 0 Å². The molecular weight excluding hydrogens is 224 g/mol. The second-order valence-corrected chi connectivity index (χ2v) is 5.43. The van der Waals surface area contributed by atoms with Gasteiger partial charge in [0, 0.05) is 12.2 Å². The minimum absolute atomic E-state index is 0.174. The highest BCUT2D eigenvalue weighted by Crippen LogP contribution is 2.48. The van der Waals surface area contributed by atoms with E-state index in [-0.39, 0.29) is 11.3 Å². The van der Waals surface area contributed by atoms with E-state index in [1.54, 1.807) is 0 Å². The molecule has 0 radical (unpaired) electrons. The van der Waals surface area contributed by atoms with Gasteiger partial charge in [-0.2, -0.15) is 0 Å². The maximum Gasteiger partial charge on any atom is 0.230 e. The first kappa shape index (κ1) is 12.9. The second-order valence-electron chi connectivity index (χ2n) is 5.43. The minimum atomic E-state index is -0.277. The second kappa shape index (κ2) is 5.01. The molecule has 1 saturated carbocycles. The number of nitrogen functional groups attached to an aromatic ring is 1. The third-order valence-electron chi connectivity index (χ3n) is 3.96. The maximum atomic E-state index is 12.3. The van der Waals surface area contributed by atoms with Gasteiger partial charge in [0.05, 0.1) is 5.41 Å². The Morgan fingerprint density at radius 3 is 2.50 bits per heavy atom. The van der Waals surface area contributed by atoms with Crippen LogP contribution in [0.3, 0.4) is 0 Å². The van der Waals surface area contributed by atoms with E-state index in [1.165, 1.54) is 0 Å². The number of nitrogens with one attached hydrogen (secondary N) is 1. The van der Waals surface area contributed by atoms with Crippen molar-refractivity contribution in [3.05, 3.63) is 29.8 Å². The van der Waals surface area contributed by atoms with Gasteiger partial charge in [0.2, 0.25) is 5.91 Å². The highest BCUT2D eigenvalue weighted by Gasteiger charge is 2.50. The molecule has 1 fully saturated rings. The summed E-state index contributed by atoms with van der Waals surface area (Å²) in [4.78, 5) is 12.3. The van der Waals surface area contributed by atoms with Crippen LogP contribution in [-0.2, 0) is 10.2 Å². The zero-order valence-electron chi connectivity index (χ0n) is 11.2. The molecule has 1 unspecified atom stereocenters. The van der Waals surface area contributed by atoms with Crippen LogP contribution in [0.25, 0.3) is 0 Å².